The van der Waals surface area contributed by atoms with E-state index in [-0.39, 0.29) is 11.2 Å². The van der Waals surface area contributed by atoms with Crippen molar-refractivity contribution in [1.29, 1.82) is 0 Å². The Labute approximate surface area is 116 Å². The Morgan fingerprint density at radius 3 is 2.79 bits per heavy atom. The van der Waals surface area contributed by atoms with Crippen LogP contribution in [0.3, 0.4) is 0 Å². The lowest BCUT2D eigenvalue weighted by Crippen LogP contribution is -2.22. The van der Waals surface area contributed by atoms with Crippen LogP contribution in [0.15, 0.2) is 29.4 Å². The summed E-state index contributed by atoms with van der Waals surface area (Å²) in [5, 5.41) is 13.5. The lowest BCUT2D eigenvalue weighted by Gasteiger charge is -2.11. The number of hydrogen-bond acceptors (Lipinski definition) is 4. The molecule has 0 aliphatic heterocycles. The van der Waals surface area contributed by atoms with E-state index in [4.69, 9.17) is 0 Å². The van der Waals surface area contributed by atoms with E-state index in [2.05, 4.69) is 20.7 Å². The predicted octanol–water partition coefficient (Wildman–Crippen LogP) is 2.54. The Bertz CT molecular complexity index is 568. The van der Waals surface area contributed by atoms with E-state index in [1.807, 2.05) is 39.0 Å². The fourth-order valence-electron chi connectivity index (χ4n) is 1.55. The molecule has 6 heteroatoms. The van der Waals surface area contributed by atoms with Crippen LogP contribution in [0.5, 0.6) is 0 Å². The van der Waals surface area contributed by atoms with Crippen molar-refractivity contribution in [1.82, 2.24) is 15.4 Å². The highest BCUT2D eigenvalue weighted by atomic mass is 32.2. The summed E-state index contributed by atoms with van der Waals surface area (Å²) in [5.74, 6) is -0.0451. The van der Waals surface area contributed by atoms with Gasteiger partial charge in [-0.2, -0.15) is 10.3 Å². The first kappa shape index (κ1) is 13.6. The standard InChI is InChI=1S/C13H16N4OS/c1-8-4-5-11(6-9(8)2)15-13(18)10(3)19-12-7-14-17-16-12/h4-7,10H,1-3H3,(H,15,18)(H,14,16,17)/t10-/m0/s1. The van der Waals surface area contributed by atoms with Crippen LogP contribution in [0.25, 0.3) is 0 Å². The minimum Gasteiger partial charge on any atom is -0.325 e. The third-order valence-corrected chi connectivity index (χ3v) is 3.84. The van der Waals surface area contributed by atoms with Crippen molar-refractivity contribution in [3.8, 4) is 0 Å². The average molecular weight is 276 g/mol. The largest absolute Gasteiger partial charge is 0.325 e. The van der Waals surface area contributed by atoms with Gasteiger partial charge >= 0.3 is 0 Å². The molecule has 1 heterocycles. The Morgan fingerprint density at radius 1 is 1.37 bits per heavy atom. The zero-order chi connectivity index (χ0) is 13.8. The van der Waals surface area contributed by atoms with Crippen molar-refractivity contribution < 1.29 is 4.79 Å². The summed E-state index contributed by atoms with van der Waals surface area (Å²) in [6.07, 6.45) is 1.60. The summed E-state index contributed by atoms with van der Waals surface area (Å²) in [7, 11) is 0. The molecule has 0 aliphatic rings. The van der Waals surface area contributed by atoms with Gasteiger partial charge in [0.2, 0.25) is 5.91 Å². The first-order valence-corrected chi connectivity index (χ1v) is 6.85. The van der Waals surface area contributed by atoms with Crippen LogP contribution in [0, 0.1) is 13.8 Å². The van der Waals surface area contributed by atoms with Crippen LogP contribution in [0.4, 0.5) is 5.69 Å². The molecule has 0 radical (unpaired) electrons. The molecule has 0 bridgehead atoms. The van der Waals surface area contributed by atoms with Crippen LogP contribution >= 0.6 is 11.8 Å². The van der Waals surface area contributed by atoms with Gasteiger partial charge in [-0.05, 0) is 44.0 Å². The molecule has 19 heavy (non-hydrogen) atoms. The van der Waals surface area contributed by atoms with E-state index < -0.39 is 0 Å². The van der Waals surface area contributed by atoms with Gasteiger partial charge in [-0.1, -0.05) is 17.8 Å². The molecule has 0 aliphatic carbocycles. The van der Waals surface area contributed by atoms with E-state index in [1.165, 1.54) is 17.3 Å². The van der Waals surface area contributed by atoms with Gasteiger partial charge in [-0.15, -0.1) is 5.10 Å². The van der Waals surface area contributed by atoms with Crippen LogP contribution < -0.4 is 5.32 Å². The second-order valence-corrected chi connectivity index (χ2v) is 5.72. The van der Waals surface area contributed by atoms with Gasteiger partial charge in [-0.25, -0.2) is 0 Å². The van der Waals surface area contributed by atoms with Crippen LogP contribution in [0.1, 0.15) is 18.1 Å². The second kappa shape index (κ2) is 5.88. The lowest BCUT2D eigenvalue weighted by molar-refractivity contribution is -0.115. The number of hydrogen-bond donors (Lipinski definition) is 2. The maximum atomic E-state index is 12.0. The summed E-state index contributed by atoms with van der Waals surface area (Å²) in [6, 6.07) is 5.88. The molecule has 0 fully saturated rings. The van der Waals surface area contributed by atoms with Gasteiger partial charge in [0, 0.05) is 5.69 Å². The van der Waals surface area contributed by atoms with Crippen LogP contribution in [0.2, 0.25) is 0 Å². The zero-order valence-corrected chi connectivity index (χ0v) is 11.9. The molecule has 0 saturated carbocycles. The number of amides is 1. The number of aryl methyl sites for hydroxylation is 2. The highest BCUT2D eigenvalue weighted by molar-refractivity contribution is 8.00. The van der Waals surface area contributed by atoms with Crippen molar-refractivity contribution >= 4 is 23.4 Å². The maximum absolute atomic E-state index is 12.0. The van der Waals surface area contributed by atoms with Crippen LogP contribution in [-0.4, -0.2) is 26.6 Å². The van der Waals surface area contributed by atoms with E-state index in [1.54, 1.807) is 6.20 Å². The van der Waals surface area contributed by atoms with Gasteiger partial charge in [0.15, 0.2) is 0 Å². The molecule has 0 spiro atoms. The number of carbonyl (C=O) groups is 1. The van der Waals surface area contributed by atoms with Gasteiger partial charge in [0.1, 0.15) is 5.03 Å². The first-order chi connectivity index (χ1) is 9.06. The Morgan fingerprint density at radius 2 is 2.16 bits per heavy atom. The number of nitrogens with zero attached hydrogens (tertiary/aromatic N) is 2. The van der Waals surface area contributed by atoms with Crippen molar-refractivity contribution in [2.45, 2.75) is 31.0 Å². The molecule has 2 rings (SSSR count). The second-order valence-electron chi connectivity index (χ2n) is 4.36. The van der Waals surface area contributed by atoms with Crippen molar-refractivity contribution in [2.75, 3.05) is 5.32 Å². The van der Waals surface area contributed by atoms with E-state index >= 15 is 0 Å². The number of H-pyrrole nitrogens is 1. The predicted molar refractivity (Wildman–Crippen MR) is 76.2 cm³/mol. The molecule has 1 aromatic heterocycles. The van der Waals surface area contributed by atoms with Crippen molar-refractivity contribution in [3.05, 3.63) is 35.5 Å². The molecule has 0 saturated heterocycles. The highest BCUT2D eigenvalue weighted by Crippen LogP contribution is 2.21. The summed E-state index contributed by atoms with van der Waals surface area (Å²) in [4.78, 5) is 12.0. The topological polar surface area (TPSA) is 70.7 Å². The number of nitrogens with one attached hydrogen (secondary N) is 2. The summed E-state index contributed by atoms with van der Waals surface area (Å²) in [6.45, 7) is 5.91. The summed E-state index contributed by atoms with van der Waals surface area (Å²) in [5.41, 5.74) is 3.19. The zero-order valence-electron chi connectivity index (χ0n) is 11.1. The van der Waals surface area contributed by atoms with Gasteiger partial charge < -0.3 is 5.32 Å². The third kappa shape index (κ3) is 3.57. The quantitative estimate of drug-likeness (QED) is 0.842. The fourth-order valence-corrected chi connectivity index (χ4v) is 2.28. The highest BCUT2D eigenvalue weighted by Gasteiger charge is 2.15. The maximum Gasteiger partial charge on any atom is 0.237 e. The van der Waals surface area contributed by atoms with E-state index in [0.29, 0.717) is 5.03 Å². The molecule has 2 N–H and O–H groups in total. The van der Waals surface area contributed by atoms with Crippen molar-refractivity contribution in [3.63, 3.8) is 0 Å². The molecular formula is C13H16N4OS. The summed E-state index contributed by atoms with van der Waals surface area (Å²) < 4.78 is 0. The molecule has 5 nitrogen and oxygen atoms in total. The normalized spacial score (nSPS) is 12.2. The average Bonchev–Trinajstić information content (AvgIpc) is 2.86. The smallest absolute Gasteiger partial charge is 0.237 e. The van der Waals surface area contributed by atoms with Gasteiger partial charge in [-0.3, -0.25) is 4.79 Å². The number of anilines is 1. The molecule has 2 aromatic rings. The number of carbonyl (C=O) groups excluding carboxylic acids is 1. The summed E-state index contributed by atoms with van der Waals surface area (Å²) >= 11 is 1.37. The lowest BCUT2D eigenvalue weighted by atomic mass is 10.1. The molecular weight excluding hydrogens is 260 g/mol. The molecule has 1 aromatic carbocycles. The SMILES string of the molecule is Cc1ccc(NC(=O)[C@H](C)Sc2cn[nH]n2)cc1C. The number of thioether (sulfide) groups is 1. The number of aromatic nitrogens is 3. The molecule has 100 valence electrons. The monoisotopic (exact) mass is 276 g/mol. The van der Waals surface area contributed by atoms with E-state index in [9.17, 15) is 4.79 Å². The first-order valence-electron chi connectivity index (χ1n) is 5.97. The molecule has 0 unspecified atom stereocenters. The molecule has 1 atom stereocenters. The van der Waals surface area contributed by atoms with Gasteiger partial charge in [0.05, 0.1) is 11.4 Å². The minimum atomic E-state index is -0.230. The Hall–Kier alpha value is -1.82. The van der Waals surface area contributed by atoms with Crippen LogP contribution in [-0.2, 0) is 4.79 Å². The van der Waals surface area contributed by atoms with Gasteiger partial charge in [0.25, 0.3) is 0 Å². The molecule has 1 amide bonds. The number of aromatic amines is 1. The third-order valence-electron chi connectivity index (χ3n) is 2.83. The fraction of sp³-hybridized carbons (Fsp3) is 0.308. The number of benzene rings is 1. The van der Waals surface area contributed by atoms with Crippen molar-refractivity contribution in [2.24, 2.45) is 0 Å². The minimum absolute atomic E-state index is 0.0451. The number of rotatable bonds is 4. The Kier molecular flexibility index (Phi) is 4.21. The Balaban J connectivity index is 1.98. The van der Waals surface area contributed by atoms with E-state index in [0.717, 1.165) is 11.3 Å².